The molecule has 1 aliphatic heterocycles. The topological polar surface area (TPSA) is 77.5 Å². The van der Waals surface area contributed by atoms with Crippen LogP contribution in [0.4, 0.5) is 13.2 Å². The van der Waals surface area contributed by atoms with E-state index in [0.717, 1.165) is 0 Å². The maximum absolute atomic E-state index is 12.5. The molecule has 0 aromatic heterocycles. The summed E-state index contributed by atoms with van der Waals surface area (Å²) in [6.45, 7) is 3.14. The highest BCUT2D eigenvalue weighted by molar-refractivity contribution is 8.33. The molecule has 0 amide bonds. The van der Waals surface area contributed by atoms with Crippen LogP contribution in [0.1, 0.15) is 26.7 Å². The Kier molecular flexibility index (Phi) is 5.49. The summed E-state index contributed by atoms with van der Waals surface area (Å²) in [6.07, 6.45) is -0.123. The number of carbonyl (C=O) groups excluding carboxylic acids is 2. The molecule has 0 aliphatic carbocycles. The van der Waals surface area contributed by atoms with Gasteiger partial charge in [-0.2, -0.15) is 21.6 Å². The smallest absolute Gasteiger partial charge is 0.300 e. The van der Waals surface area contributed by atoms with E-state index < -0.39 is 31.9 Å². The molecular weight excluding hydrogens is 333 g/mol. The van der Waals surface area contributed by atoms with Gasteiger partial charge >= 0.3 is 15.6 Å². The van der Waals surface area contributed by atoms with Crippen LogP contribution in [0.5, 0.6) is 0 Å². The second kappa shape index (κ2) is 6.25. The fourth-order valence-electron chi connectivity index (χ4n) is 1.72. The standard InChI is InChI=1S/C11H17F3O5S2/c1-8(2)10(16)7-20(5-3-9(15)4-6-20)19-21(17,18)11(12,13)14/h8H,3-7H2,1-2H3. The third-order valence-electron chi connectivity index (χ3n) is 3.07. The van der Waals surface area contributed by atoms with Crippen molar-refractivity contribution in [1.82, 2.24) is 0 Å². The number of hydrogen-bond acceptors (Lipinski definition) is 5. The Morgan fingerprint density at radius 2 is 1.76 bits per heavy atom. The van der Waals surface area contributed by atoms with E-state index in [1.54, 1.807) is 13.8 Å². The van der Waals surface area contributed by atoms with E-state index in [1.165, 1.54) is 0 Å². The fraction of sp³-hybridized carbons (Fsp3) is 0.818. The van der Waals surface area contributed by atoms with Crippen molar-refractivity contribution in [1.29, 1.82) is 0 Å². The van der Waals surface area contributed by atoms with Crippen LogP contribution in [0.3, 0.4) is 0 Å². The van der Waals surface area contributed by atoms with E-state index in [1.807, 2.05) is 0 Å². The second-order valence-corrected chi connectivity index (χ2v) is 10.1. The molecule has 0 atom stereocenters. The number of hydrogen-bond donors (Lipinski definition) is 0. The summed E-state index contributed by atoms with van der Waals surface area (Å²) in [5.41, 5.74) is -5.53. The van der Waals surface area contributed by atoms with Gasteiger partial charge < -0.3 is 0 Å². The van der Waals surface area contributed by atoms with E-state index in [2.05, 4.69) is 3.63 Å². The van der Waals surface area contributed by atoms with Gasteiger partial charge in [0, 0.05) is 30.3 Å². The first-order chi connectivity index (χ1) is 9.39. The largest absolute Gasteiger partial charge is 0.523 e. The molecule has 21 heavy (non-hydrogen) atoms. The molecule has 0 spiro atoms. The zero-order valence-electron chi connectivity index (χ0n) is 11.6. The van der Waals surface area contributed by atoms with Gasteiger partial charge in [-0.15, -0.1) is 10.3 Å². The first kappa shape index (κ1) is 18.4. The maximum atomic E-state index is 12.5. The van der Waals surface area contributed by atoms with E-state index in [0.29, 0.717) is 0 Å². The Morgan fingerprint density at radius 3 is 2.14 bits per heavy atom. The summed E-state index contributed by atoms with van der Waals surface area (Å²) >= 11 is 0. The van der Waals surface area contributed by atoms with Crippen LogP contribution in [0.15, 0.2) is 0 Å². The fourth-order valence-corrected chi connectivity index (χ4v) is 6.83. The van der Waals surface area contributed by atoms with Crippen LogP contribution in [-0.2, 0) is 23.3 Å². The zero-order chi connectivity index (χ0) is 16.5. The van der Waals surface area contributed by atoms with Crippen LogP contribution in [0.2, 0.25) is 0 Å². The minimum absolute atomic E-state index is 0.0614. The number of halogens is 3. The summed E-state index contributed by atoms with van der Waals surface area (Å²) in [4.78, 5) is 23.0. The molecule has 0 unspecified atom stereocenters. The van der Waals surface area contributed by atoms with E-state index in [4.69, 9.17) is 0 Å². The Hall–Kier alpha value is -0.610. The summed E-state index contributed by atoms with van der Waals surface area (Å²) in [5, 5.41) is 0. The van der Waals surface area contributed by atoms with Crippen molar-refractivity contribution >= 4 is 32.0 Å². The molecule has 0 aromatic carbocycles. The Labute approximate surface area is 122 Å². The van der Waals surface area contributed by atoms with Crippen molar-refractivity contribution in [2.75, 3.05) is 17.3 Å². The van der Waals surface area contributed by atoms with Crippen molar-refractivity contribution in [3.8, 4) is 0 Å². The molecule has 1 aliphatic rings. The van der Waals surface area contributed by atoms with Gasteiger partial charge in [-0.1, -0.05) is 13.8 Å². The van der Waals surface area contributed by atoms with E-state index in [9.17, 15) is 31.2 Å². The predicted molar refractivity (Wildman–Crippen MR) is 72.3 cm³/mol. The van der Waals surface area contributed by atoms with Crippen molar-refractivity contribution < 1.29 is 34.8 Å². The SMILES string of the molecule is CC(C)C(=O)CS1(OS(=O)(=O)C(F)(F)F)CCC(=O)CC1. The van der Waals surface area contributed by atoms with Crippen LogP contribution >= 0.6 is 10.3 Å². The third kappa shape index (κ3) is 4.68. The van der Waals surface area contributed by atoms with Gasteiger partial charge in [0.1, 0.15) is 11.6 Å². The van der Waals surface area contributed by atoms with Gasteiger partial charge in [0.2, 0.25) is 0 Å². The molecule has 1 fully saturated rings. The number of carbonyl (C=O) groups is 2. The van der Waals surface area contributed by atoms with Gasteiger partial charge in [0.15, 0.2) is 0 Å². The average Bonchev–Trinajstić information content (AvgIpc) is 2.31. The van der Waals surface area contributed by atoms with Gasteiger partial charge in [0.05, 0.1) is 5.75 Å². The van der Waals surface area contributed by atoms with E-state index in [-0.39, 0.29) is 41.7 Å². The molecule has 0 bridgehead atoms. The molecule has 5 nitrogen and oxygen atoms in total. The number of Topliss-reactive ketones (excluding diaryl/α,β-unsaturated/α-hetero) is 2. The molecule has 124 valence electrons. The quantitative estimate of drug-likeness (QED) is 0.710. The molecule has 0 aromatic rings. The molecule has 0 radical (unpaired) electrons. The molecule has 1 rings (SSSR count). The first-order valence-corrected chi connectivity index (χ1v) is 9.69. The lowest BCUT2D eigenvalue weighted by atomic mass is 10.1. The minimum Gasteiger partial charge on any atom is -0.300 e. The second-order valence-electron chi connectivity index (χ2n) is 5.15. The zero-order valence-corrected chi connectivity index (χ0v) is 13.2. The van der Waals surface area contributed by atoms with Crippen molar-refractivity contribution in [2.45, 2.75) is 32.2 Å². The Morgan fingerprint density at radius 1 is 1.29 bits per heavy atom. The van der Waals surface area contributed by atoms with Crippen LogP contribution in [0.25, 0.3) is 0 Å². The Balaban J connectivity index is 3.04. The number of rotatable bonds is 5. The van der Waals surface area contributed by atoms with Gasteiger partial charge in [-0.25, -0.2) is 3.63 Å². The highest BCUT2D eigenvalue weighted by Gasteiger charge is 2.51. The molecule has 0 saturated carbocycles. The number of ketones is 2. The lowest BCUT2D eigenvalue weighted by Crippen LogP contribution is -2.35. The van der Waals surface area contributed by atoms with Crippen molar-refractivity contribution in [2.24, 2.45) is 5.92 Å². The minimum atomic E-state index is -5.77. The normalized spacial score (nSPS) is 21.3. The van der Waals surface area contributed by atoms with Crippen LogP contribution in [0, 0.1) is 5.92 Å². The molecule has 1 heterocycles. The van der Waals surface area contributed by atoms with Crippen molar-refractivity contribution in [3.63, 3.8) is 0 Å². The first-order valence-electron chi connectivity index (χ1n) is 6.22. The van der Waals surface area contributed by atoms with Crippen molar-refractivity contribution in [3.05, 3.63) is 0 Å². The van der Waals surface area contributed by atoms with Gasteiger partial charge in [-0.05, 0) is 0 Å². The molecular formula is C11H17F3O5S2. The maximum Gasteiger partial charge on any atom is 0.523 e. The van der Waals surface area contributed by atoms with Gasteiger partial charge in [-0.3, -0.25) is 9.59 Å². The summed E-state index contributed by atoms with van der Waals surface area (Å²) in [6, 6.07) is 0. The summed E-state index contributed by atoms with van der Waals surface area (Å²) in [7, 11) is -8.57. The predicted octanol–water partition coefficient (Wildman–Crippen LogP) is 2.16. The lowest BCUT2D eigenvalue weighted by Gasteiger charge is -2.40. The number of alkyl halides is 3. The molecule has 1 saturated heterocycles. The van der Waals surface area contributed by atoms with Gasteiger partial charge in [0.25, 0.3) is 0 Å². The molecule has 0 N–H and O–H groups in total. The summed E-state index contributed by atoms with van der Waals surface area (Å²) < 4.78 is 64.4. The van der Waals surface area contributed by atoms with E-state index >= 15 is 0 Å². The Bertz CT molecular complexity index is 514. The summed E-state index contributed by atoms with van der Waals surface area (Å²) in [5.74, 6) is -1.59. The third-order valence-corrected chi connectivity index (χ3v) is 8.22. The molecule has 10 heteroatoms. The lowest BCUT2D eigenvalue weighted by molar-refractivity contribution is -0.120. The average molecular weight is 350 g/mol. The monoisotopic (exact) mass is 350 g/mol. The highest BCUT2D eigenvalue weighted by atomic mass is 32.3. The highest BCUT2D eigenvalue weighted by Crippen LogP contribution is 2.55. The van der Waals surface area contributed by atoms with Crippen LogP contribution < -0.4 is 0 Å². The van der Waals surface area contributed by atoms with Crippen LogP contribution in [-0.4, -0.2) is 42.8 Å².